The highest BCUT2D eigenvalue weighted by Gasteiger charge is 2.49. The van der Waals surface area contributed by atoms with E-state index in [4.69, 9.17) is 11.6 Å². The lowest BCUT2D eigenvalue weighted by atomic mass is 10.0. The highest BCUT2D eigenvalue weighted by molar-refractivity contribution is 6.31. The Bertz CT molecular complexity index is 449. The minimum atomic E-state index is -4.01. The lowest BCUT2D eigenvalue weighted by molar-refractivity contribution is -0.189. The van der Waals surface area contributed by atoms with Crippen LogP contribution in [0.3, 0.4) is 0 Å². The molecule has 0 radical (unpaired) electrons. The van der Waals surface area contributed by atoms with Crippen LogP contribution in [-0.2, 0) is 9.53 Å². The normalized spacial score (nSPS) is 13.2. The summed E-state index contributed by atoms with van der Waals surface area (Å²) in [7, 11) is 0. The summed E-state index contributed by atoms with van der Waals surface area (Å²) in [6.45, 7) is 2.92. The molecule has 0 saturated carbocycles. The van der Waals surface area contributed by atoms with E-state index in [1.54, 1.807) is 6.92 Å². The fraction of sp³-hybridized carbons (Fsp3) is 0.417. The maximum absolute atomic E-state index is 13.5. The van der Waals surface area contributed by atoms with Gasteiger partial charge in [-0.1, -0.05) is 23.7 Å². The molecule has 1 atom stereocenters. The number of hydrogen-bond acceptors (Lipinski definition) is 3. The molecule has 0 aromatic heterocycles. The van der Waals surface area contributed by atoms with Crippen LogP contribution in [0.15, 0.2) is 18.2 Å². The minimum Gasteiger partial charge on any atom is -0.461 e. The Morgan fingerprint density at radius 1 is 1.56 bits per heavy atom. The molecule has 18 heavy (non-hydrogen) atoms. The van der Waals surface area contributed by atoms with Gasteiger partial charge in [-0.25, -0.2) is 4.79 Å². The van der Waals surface area contributed by atoms with Gasteiger partial charge in [-0.3, -0.25) is 0 Å². The van der Waals surface area contributed by atoms with E-state index in [1.807, 2.05) is 0 Å². The highest BCUT2D eigenvalue weighted by Crippen LogP contribution is 2.34. The van der Waals surface area contributed by atoms with Crippen molar-refractivity contribution in [2.45, 2.75) is 25.9 Å². The van der Waals surface area contributed by atoms with E-state index in [2.05, 4.69) is 4.74 Å². The molecule has 0 aliphatic carbocycles. The number of ether oxygens (including phenoxy) is 1. The molecule has 1 aromatic carbocycles. The average Bonchev–Trinajstić information content (AvgIpc) is 2.32. The number of aliphatic hydroxyl groups excluding tert-OH is 1. The van der Waals surface area contributed by atoms with Crippen LogP contribution in [0.2, 0.25) is 5.02 Å². The first-order valence-corrected chi connectivity index (χ1v) is 5.67. The van der Waals surface area contributed by atoms with Crippen LogP contribution in [0.25, 0.3) is 0 Å². The van der Waals surface area contributed by atoms with Gasteiger partial charge in [-0.15, -0.1) is 0 Å². The quantitative estimate of drug-likeness (QED) is 0.862. The maximum Gasteiger partial charge on any atom is 0.380 e. The van der Waals surface area contributed by atoms with Crippen molar-refractivity contribution in [3.63, 3.8) is 0 Å². The van der Waals surface area contributed by atoms with Crippen molar-refractivity contribution >= 4 is 17.6 Å². The van der Waals surface area contributed by atoms with Crippen LogP contribution in [-0.4, -0.2) is 23.6 Å². The lowest BCUT2D eigenvalue weighted by Gasteiger charge is -2.21. The zero-order valence-corrected chi connectivity index (χ0v) is 10.7. The van der Waals surface area contributed by atoms with Crippen molar-refractivity contribution in [2.24, 2.45) is 0 Å². The first kappa shape index (κ1) is 14.9. The predicted octanol–water partition coefficient (Wildman–Crippen LogP) is 2.88. The van der Waals surface area contributed by atoms with Gasteiger partial charge in [0.1, 0.15) is 0 Å². The molecule has 0 spiro atoms. The van der Waals surface area contributed by atoms with Gasteiger partial charge in [0.2, 0.25) is 0 Å². The Morgan fingerprint density at radius 2 is 2.17 bits per heavy atom. The molecule has 100 valence electrons. The molecule has 1 unspecified atom stereocenters. The van der Waals surface area contributed by atoms with Crippen molar-refractivity contribution in [2.75, 3.05) is 6.61 Å². The summed E-state index contributed by atoms with van der Waals surface area (Å²) >= 11 is 5.78. The molecule has 1 rings (SSSR count). The molecule has 0 bridgehead atoms. The third-order valence-corrected chi connectivity index (χ3v) is 2.81. The monoisotopic (exact) mass is 278 g/mol. The van der Waals surface area contributed by atoms with Gasteiger partial charge in [0.05, 0.1) is 6.61 Å². The zero-order chi connectivity index (χ0) is 13.9. The molecule has 0 fully saturated rings. The van der Waals surface area contributed by atoms with Gasteiger partial charge in [-0.2, -0.15) is 8.78 Å². The Balaban J connectivity index is 3.01. The summed E-state index contributed by atoms with van der Waals surface area (Å²) < 4.78 is 31.3. The molecule has 0 aliphatic heterocycles. The average molecular weight is 279 g/mol. The zero-order valence-electron chi connectivity index (χ0n) is 9.91. The van der Waals surface area contributed by atoms with Crippen molar-refractivity contribution in [3.05, 3.63) is 34.3 Å². The van der Waals surface area contributed by atoms with Crippen molar-refractivity contribution in [1.82, 2.24) is 0 Å². The third kappa shape index (κ3) is 2.97. The molecule has 0 saturated heterocycles. The van der Waals surface area contributed by atoms with Gasteiger partial charge in [-0.05, 0) is 31.0 Å². The summed E-state index contributed by atoms with van der Waals surface area (Å²) in [5.41, 5.74) is 0.552. The van der Waals surface area contributed by atoms with Crippen LogP contribution < -0.4 is 0 Å². The Kier molecular flexibility index (Phi) is 4.65. The van der Waals surface area contributed by atoms with Gasteiger partial charge in [0.25, 0.3) is 0 Å². The molecular formula is C12H13ClF2O3. The Labute approximate surface area is 108 Å². The van der Waals surface area contributed by atoms with E-state index in [0.717, 1.165) is 0 Å². The van der Waals surface area contributed by atoms with E-state index in [9.17, 15) is 18.7 Å². The molecular weight excluding hydrogens is 266 g/mol. The summed E-state index contributed by atoms with van der Waals surface area (Å²) in [6.07, 6.45) is -2.28. The number of rotatable bonds is 4. The fourth-order valence-electron chi connectivity index (χ4n) is 1.33. The number of alkyl halides is 2. The SMILES string of the molecule is CCOC(=O)C(F)(F)C(O)c1ccc(C)c(Cl)c1. The van der Waals surface area contributed by atoms with E-state index < -0.39 is 18.0 Å². The van der Waals surface area contributed by atoms with E-state index in [-0.39, 0.29) is 17.2 Å². The number of halogens is 3. The van der Waals surface area contributed by atoms with Crippen LogP contribution in [0.1, 0.15) is 24.2 Å². The fourth-order valence-corrected chi connectivity index (χ4v) is 1.52. The molecule has 3 nitrogen and oxygen atoms in total. The summed E-state index contributed by atoms with van der Waals surface area (Å²) in [4.78, 5) is 11.1. The van der Waals surface area contributed by atoms with Crippen LogP contribution in [0.4, 0.5) is 8.78 Å². The van der Waals surface area contributed by atoms with Gasteiger partial charge in [0.15, 0.2) is 6.10 Å². The largest absolute Gasteiger partial charge is 0.461 e. The first-order chi connectivity index (χ1) is 8.30. The number of carbonyl (C=O) groups is 1. The smallest absolute Gasteiger partial charge is 0.380 e. The Morgan fingerprint density at radius 3 is 2.67 bits per heavy atom. The first-order valence-electron chi connectivity index (χ1n) is 5.29. The second-order valence-electron chi connectivity index (χ2n) is 3.75. The summed E-state index contributed by atoms with van der Waals surface area (Å²) in [6, 6.07) is 3.98. The van der Waals surface area contributed by atoms with E-state index >= 15 is 0 Å². The van der Waals surface area contributed by atoms with Crippen molar-refractivity contribution < 1.29 is 23.4 Å². The molecule has 0 heterocycles. The topological polar surface area (TPSA) is 46.5 Å². The molecule has 1 aromatic rings. The molecule has 0 amide bonds. The molecule has 0 aliphatic rings. The molecule has 6 heteroatoms. The van der Waals surface area contributed by atoms with Gasteiger partial charge in [0, 0.05) is 5.02 Å². The number of aryl methyl sites for hydroxylation is 1. The summed E-state index contributed by atoms with van der Waals surface area (Å²) in [5, 5.41) is 9.79. The predicted molar refractivity (Wildman–Crippen MR) is 62.7 cm³/mol. The van der Waals surface area contributed by atoms with E-state index in [0.29, 0.717) is 5.56 Å². The van der Waals surface area contributed by atoms with Gasteiger partial charge >= 0.3 is 11.9 Å². The molecule has 1 N–H and O–H groups in total. The summed E-state index contributed by atoms with van der Waals surface area (Å²) in [5.74, 6) is -5.76. The second-order valence-corrected chi connectivity index (χ2v) is 4.16. The van der Waals surface area contributed by atoms with Crippen molar-refractivity contribution in [1.29, 1.82) is 0 Å². The van der Waals surface area contributed by atoms with Crippen molar-refractivity contribution in [3.8, 4) is 0 Å². The standard InChI is InChI=1S/C12H13ClF2O3/c1-3-18-11(17)12(14,15)10(16)8-5-4-7(2)9(13)6-8/h4-6,10,16H,3H2,1-2H3. The van der Waals surface area contributed by atoms with Crippen LogP contribution in [0, 0.1) is 6.92 Å². The Hall–Kier alpha value is -1.20. The number of esters is 1. The van der Waals surface area contributed by atoms with E-state index in [1.165, 1.54) is 25.1 Å². The number of hydrogen-bond donors (Lipinski definition) is 1. The second kappa shape index (κ2) is 5.63. The lowest BCUT2D eigenvalue weighted by Crippen LogP contribution is -2.37. The number of benzene rings is 1. The minimum absolute atomic E-state index is 0.136. The number of carbonyl (C=O) groups excluding carboxylic acids is 1. The highest BCUT2D eigenvalue weighted by atomic mass is 35.5. The third-order valence-electron chi connectivity index (χ3n) is 2.40. The number of aliphatic hydroxyl groups is 1. The maximum atomic E-state index is 13.5. The van der Waals surface area contributed by atoms with Gasteiger partial charge < -0.3 is 9.84 Å². The van der Waals surface area contributed by atoms with Crippen LogP contribution in [0.5, 0.6) is 0 Å². The van der Waals surface area contributed by atoms with Crippen LogP contribution >= 0.6 is 11.6 Å².